The maximum Gasteiger partial charge on any atom is 0.253 e. The largest absolute Gasteiger partial charge is 0.457 e. The Kier molecular flexibility index (Phi) is 6.85. The molecular weight excluding hydrogens is 400 g/mol. The standard InChI is InChI=1S/C27H28N2O3/c28-26(30)22-8-12-24(13-9-22)32-25-14-10-23(11-15-25)27(31)29-18-16-21(17-19-29)7-6-20-4-2-1-3-5-20/h1-5,8-15,21H,6-7,16-19H2,(H2,28,30). The van der Waals surface area contributed by atoms with Crippen LogP contribution >= 0.6 is 0 Å². The number of rotatable bonds is 7. The first-order valence-electron chi connectivity index (χ1n) is 11.1. The van der Waals surface area contributed by atoms with Crippen LogP contribution in [0.25, 0.3) is 0 Å². The Bertz CT molecular complexity index is 1040. The van der Waals surface area contributed by atoms with E-state index < -0.39 is 5.91 Å². The van der Waals surface area contributed by atoms with Crippen molar-refractivity contribution in [1.82, 2.24) is 4.90 Å². The summed E-state index contributed by atoms with van der Waals surface area (Å²) in [6, 6.07) is 24.4. The predicted octanol–water partition coefficient (Wildman–Crippen LogP) is 5.06. The Morgan fingerprint density at radius 3 is 1.94 bits per heavy atom. The van der Waals surface area contributed by atoms with Crippen molar-refractivity contribution in [3.05, 3.63) is 95.6 Å². The van der Waals surface area contributed by atoms with Gasteiger partial charge in [-0.3, -0.25) is 9.59 Å². The number of benzene rings is 3. The minimum atomic E-state index is -0.473. The fraction of sp³-hybridized carbons (Fsp3) is 0.259. The zero-order chi connectivity index (χ0) is 22.3. The second kappa shape index (κ2) is 10.1. The van der Waals surface area contributed by atoms with Gasteiger partial charge in [-0.25, -0.2) is 0 Å². The quantitative estimate of drug-likeness (QED) is 0.571. The van der Waals surface area contributed by atoms with Gasteiger partial charge in [0.15, 0.2) is 0 Å². The van der Waals surface area contributed by atoms with E-state index in [9.17, 15) is 9.59 Å². The number of carbonyl (C=O) groups is 2. The lowest BCUT2D eigenvalue weighted by Crippen LogP contribution is -2.38. The van der Waals surface area contributed by atoms with Crippen molar-refractivity contribution in [2.45, 2.75) is 25.7 Å². The summed E-state index contributed by atoms with van der Waals surface area (Å²) in [5.41, 5.74) is 7.74. The van der Waals surface area contributed by atoms with Gasteiger partial charge in [-0.15, -0.1) is 0 Å². The maximum absolute atomic E-state index is 12.9. The summed E-state index contributed by atoms with van der Waals surface area (Å²) in [5.74, 6) is 1.51. The molecule has 1 fully saturated rings. The SMILES string of the molecule is NC(=O)c1ccc(Oc2ccc(C(=O)N3CCC(CCc4ccccc4)CC3)cc2)cc1. The topological polar surface area (TPSA) is 72.6 Å². The van der Waals surface area contributed by atoms with Crippen molar-refractivity contribution in [3.8, 4) is 11.5 Å². The predicted molar refractivity (Wildman–Crippen MR) is 125 cm³/mol. The van der Waals surface area contributed by atoms with Crippen LogP contribution in [0.5, 0.6) is 11.5 Å². The highest BCUT2D eigenvalue weighted by Gasteiger charge is 2.23. The monoisotopic (exact) mass is 428 g/mol. The molecule has 0 saturated carbocycles. The number of primary amides is 1. The smallest absolute Gasteiger partial charge is 0.253 e. The number of piperidine rings is 1. The molecule has 4 rings (SSSR count). The first-order chi connectivity index (χ1) is 15.6. The summed E-state index contributed by atoms with van der Waals surface area (Å²) in [5, 5.41) is 0. The number of hydrogen-bond donors (Lipinski definition) is 1. The zero-order valence-corrected chi connectivity index (χ0v) is 18.1. The normalized spacial score (nSPS) is 14.2. The number of amides is 2. The van der Waals surface area contributed by atoms with E-state index >= 15 is 0 Å². The highest BCUT2D eigenvalue weighted by Crippen LogP contribution is 2.25. The zero-order valence-electron chi connectivity index (χ0n) is 18.1. The number of likely N-dealkylation sites (tertiary alicyclic amines) is 1. The van der Waals surface area contributed by atoms with Crippen molar-refractivity contribution in [2.75, 3.05) is 13.1 Å². The Balaban J connectivity index is 1.27. The highest BCUT2D eigenvalue weighted by molar-refractivity contribution is 5.94. The number of nitrogens with two attached hydrogens (primary N) is 1. The maximum atomic E-state index is 12.9. The number of carbonyl (C=O) groups excluding carboxylic acids is 2. The van der Waals surface area contributed by atoms with Gasteiger partial charge in [0.25, 0.3) is 5.91 Å². The number of hydrogen-bond acceptors (Lipinski definition) is 3. The third-order valence-corrected chi connectivity index (χ3v) is 6.06. The number of aryl methyl sites for hydroxylation is 1. The molecule has 3 aromatic rings. The minimum absolute atomic E-state index is 0.0730. The fourth-order valence-corrected chi connectivity index (χ4v) is 4.11. The van der Waals surface area contributed by atoms with Crippen LogP contribution in [0.15, 0.2) is 78.9 Å². The van der Waals surface area contributed by atoms with Gasteiger partial charge in [0.2, 0.25) is 5.91 Å². The van der Waals surface area contributed by atoms with Crippen LogP contribution in [0.1, 0.15) is 45.5 Å². The van der Waals surface area contributed by atoms with Gasteiger partial charge in [0, 0.05) is 24.2 Å². The first kappa shape index (κ1) is 21.6. The van der Waals surface area contributed by atoms with Crippen LogP contribution in [0.4, 0.5) is 0 Å². The molecule has 5 nitrogen and oxygen atoms in total. The van der Waals surface area contributed by atoms with Gasteiger partial charge in [-0.1, -0.05) is 30.3 Å². The molecule has 1 aliphatic rings. The third kappa shape index (κ3) is 5.55. The third-order valence-electron chi connectivity index (χ3n) is 6.06. The van der Waals surface area contributed by atoms with Crippen molar-refractivity contribution in [2.24, 2.45) is 11.7 Å². The van der Waals surface area contributed by atoms with E-state index in [-0.39, 0.29) is 5.91 Å². The number of nitrogens with zero attached hydrogens (tertiary/aromatic N) is 1. The molecule has 5 heteroatoms. The summed E-state index contributed by atoms with van der Waals surface area (Å²) in [6.07, 6.45) is 4.40. The van der Waals surface area contributed by atoms with Gasteiger partial charge in [-0.05, 0) is 85.7 Å². The van der Waals surface area contributed by atoms with Gasteiger partial charge in [0.05, 0.1) is 0 Å². The van der Waals surface area contributed by atoms with E-state index in [1.165, 1.54) is 12.0 Å². The summed E-state index contributed by atoms with van der Waals surface area (Å²) in [4.78, 5) is 26.0. The Hall–Kier alpha value is -3.60. The van der Waals surface area contributed by atoms with E-state index in [1.807, 2.05) is 4.90 Å². The number of ether oxygens (including phenoxy) is 1. The molecule has 3 aromatic carbocycles. The molecule has 164 valence electrons. The van der Waals surface area contributed by atoms with E-state index in [1.54, 1.807) is 48.5 Å². The molecule has 0 spiro atoms. The van der Waals surface area contributed by atoms with Crippen LogP contribution < -0.4 is 10.5 Å². The Morgan fingerprint density at radius 1 is 0.812 bits per heavy atom. The van der Waals surface area contributed by atoms with Crippen molar-refractivity contribution < 1.29 is 14.3 Å². The van der Waals surface area contributed by atoms with Crippen LogP contribution in [-0.4, -0.2) is 29.8 Å². The highest BCUT2D eigenvalue weighted by atomic mass is 16.5. The summed E-state index contributed by atoms with van der Waals surface area (Å²) < 4.78 is 5.79. The van der Waals surface area contributed by atoms with Gasteiger partial charge < -0.3 is 15.4 Å². The van der Waals surface area contributed by atoms with Crippen molar-refractivity contribution in [3.63, 3.8) is 0 Å². The van der Waals surface area contributed by atoms with Gasteiger partial charge in [-0.2, -0.15) is 0 Å². The molecule has 0 atom stereocenters. The van der Waals surface area contributed by atoms with E-state index in [0.29, 0.717) is 28.5 Å². The molecule has 0 aromatic heterocycles. The van der Waals surface area contributed by atoms with Crippen LogP contribution in [0, 0.1) is 5.92 Å². The molecule has 1 heterocycles. The first-order valence-corrected chi connectivity index (χ1v) is 11.1. The lowest BCUT2D eigenvalue weighted by molar-refractivity contribution is 0.0686. The summed E-state index contributed by atoms with van der Waals surface area (Å²) in [7, 11) is 0. The second-order valence-corrected chi connectivity index (χ2v) is 8.27. The molecule has 0 unspecified atom stereocenters. The molecule has 0 bridgehead atoms. The van der Waals surface area contributed by atoms with Gasteiger partial charge >= 0.3 is 0 Å². The Labute approximate surface area is 188 Å². The summed E-state index contributed by atoms with van der Waals surface area (Å²) >= 11 is 0. The second-order valence-electron chi connectivity index (χ2n) is 8.27. The van der Waals surface area contributed by atoms with Crippen LogP contribution in [-0.2, 0) is 6.42 Å². The fourth-order valence-electron chi connectivity index (χ4n) is 4.11. The Morgan fingerprint density at radius 2 is 1.38 bits per heavy atom. The molecule has 0 radical (unpaired) electrons. The molecule has 2 amide bonds. The average Bonchev–Trinajstić information content (AvgIpc) is 2.84. The molecule has 2 N–H and O–H groups in total. The molecule has 32 heavy (non-hydrogen) atoms. The van der Waals surface area contributed by atoms with Crippen molar-refractivity contribution >= 4 is 11.8 Å². The van der Waals surface area contributed by atoms with E-state index in [2.05, 4.69) is 30.3 Å². The van der Waals surface area contributed by atoms with E-state index in [0.717, 1.165) is 32.4 Å². The minimum Gasteiger partial charge on any atom is -0.457 e. The van der Waals surface area contributed by atoms with Crippen LogP contribution in [0.2, 0.25) is 0 Å². The molecule has 1 saturated heterocycles. The lowest BCUT2D eigenvalue weighted by Gasteiger charge is -2.32. The average molecular weight is 429 g/mol. The van der Waals surface area contributed by atoms with Crippen LogP contribution in [0.3, 0.4) is 0 Å². The lowest BCUT2D eigenvalue weighted by atomic mass is 9.90. The summed E-state index contributed by atoms with van der Waals surface area (Å²) in [6.45, 7) is 1.62. The van der Waals surface area contributed by atoms with E-state index in [4.69, 9.17) is 10.5 Å². The molecular formula is C27H28N2O3. The van der Waals surface area contributed by atoms with Crippen molar-refractivity contribution in [1.29, 1.82) is 0 Å². The van der Waals surface area contributed by atoms with Gasteiger partial charge in [0.1, 0.15) is 11.5 Å². The molecule has 1 aliphatic heterocycles. The molecule has 0 aliphatic carbocycles.